The number of fused-ring (bicyclic) bond motifs is 1. The van der Waals surface area contributed by atoms with Crippen molar-refractivity contribution in [2.24, 2.45) is 11.1 Å². The van der Waals surface area contributed by atoms with Gasteiger partial charge in [-0.3, -0.25) is 0 Å². The van der Waals surface area contributed by atoms with E-state index in [1.807, 2.05) is 30.3 Å². The van der Waals surface area contributed by atoms with Gasteiger partial charge in [-0.15, -0.1) is 0 Å². The summed E-state index contributed by atoms with van der Waals surface area (Å²) in [6, 6.07) is 9.61. The van der Waals surface area contributed by atoms with E-state index in [1.54, 1.807) is 21.3 Å². The molecule has 0 bridgehead atoms. The SMILES string of the molecule is COc1ccc(C2=NO[C@@H](c3cc(OC)c4c(c3OC)OCO4)[C@H]2C)cc1. The number of benzene rings is 2. The highest BCUT2D eigenvalue weighted by molar-refractivity contribution is 6.03. The first kappa shape index (κ1) is 17.3. The third kappa shape index (κ3) is 2.79. The van der Waals surface area contributed by atoms with Gasteiger partial charge in [-0.25, -0.2) is 0 Å². The van der Waals surface area contributed by atoms with E-state index in [2.05, 4.69) is 12.1 Å². The number of hydrogen-bond donors (Lipinski definition) is 0. The lowest BCUT2D eigenvalue weighted by atomic mass is 9.89. The Morgan fingerprint density at radius 2 is 1.70 bits per heavy atom. The number of methoxy groups -OCH3 is 3. The smallest absolute Gasteiger partial charge is 0.231 e. The molecule has 0 spiro atoms. The lowest BCUT2D eigenvalue weighted by Gasteiger charge is -2.20. The molecule has 27 heavy (non-hydrogen) atoms. The van der Waals surface area contributed by atoms with E-state index in [9.17, 15) is 0 Å². The van der Waals surface area contributed by atoms with Gasteiger partial charge in [0.1, 0.15) is 5.75 Å². The molecule has 2 aliphatic heterocycles. The van der Waals surface area contributed by atoms with Crippen LogP contribution in [-0.4, -0.2) is 33.8 Å². The molecular weight excluding hydrogens is 350 g/mol. The Hall–Kier alpha value is -3.09. The number of hydrogen-bond acceptors (Lipinski definition) is 7. The quantitative estimate of drug-likeness (QED) is 0.801. The molecule has 0 saturated carbocycles. The van der Waals surface area contributed by atoms with E-state index in [4.69, 9.17) is 28.5 Å². The second kappa shape index (κ2) is 6.90. The first-order chi connectivity index (χ1) is 13.2. The van der Waals surface area contributed by atoms with Gasteiger partial charge in [0.15, 0.2) is 17.6 Å². The van der Waals surface area contributed by atoms with E-state index in [0.717, 1.165) is 22.6 Å². The summed E-state index contributed by atoms with van der Waals surface area (Å²) in [6.45, 7) is 2.19. The Kier molecular flexibility index (Phi) is 4.43. The van der Waals surface area contributed by atoms with Gasteiger partial charge in [-0.2, -0.15) is 0 Å². The first-order valence-corrected chi connectivity index (χ1v) is 8.60. The van der Waals surface area contributed by atoms with Crippen LogP contribution in [0.1, 0.15) is 24.2 Å². The van der Waals surface area contributed by atoms with Crippen LogP contribution in [0, 0.1) is 5.92 Å². The summed E-state index contributed by atoms with van der Waals surface area (Å²) in [7, 11) is 4.83. The maximum atomic E-state index is 5.80. The molecule has 0 saturated heterocycles. The molecule has 0 unspecified atom stereocenters. The summed E-state index contributed by atoms with van der Waals surface area (Å²) in [4.78, 5) is 5.80. The van der Waals surface area contributed by atoms with Crippen molar-refractivity contribution >= 4 is 5.71 Å². The topological polar surface area (TPSA) is 67.7 Å². The summed E-state index contributed by atoms with van der Waals surface area (Å²) in [5.74, 6) is 3.01. The first-order valence-electron chi connectivity index (χ1n) is 8.60. The fraction of sp³-hybridized carbons (Fsp3) is 0.350. The molecule has 0 aromatic heterocycles. The second-order valence-corrected chi connectivity index (χ2v) is 6.29. The van der Waals surface area contributed by atoms with Crippen LogP contribution < -0.4 is 23.7 Å². The molecule has 0 radical (unpaired) electrons. The van der Waals surface area contributed by atoms with Crippen molar-refractivity contribution in [2.45, 2.75) is 13.0 Å². The fourth-order valence-electron chi connectivity index (χ4n) is 3.44. The summed E-state index contributed by atoms with van der Waals surface area (Å²) >= 11 is 0. The molecule has 4 rings (SSSR count). The fourth-order valence-corrected chi connectivity index (χ4v) is 3.44. The highest BCUT2D eigenvalue weighted by Gasteiger charge is 2.38. The minimum Gasteiger partial charge on any atom is -0.497 e. The zero-order chi connectivity index (χ0) is 19.0. The van der Waals surface area contributed by atoms with Crippen LogP contribution in [0.4, 0.5) is 0 Å². The predicted octanol–water partition coefficient (Wildman–Crippen LogP) is 3.55. The standard InChI is InChI=1S/C20H21NO6/c1-11-16(12-5-7-13(22-2)8-6-12)21-27-17(11)14-9-15(23-3)19-20(18(14)24-4)26-10-25-19/h5-9,11,17H,10H2,1-4H3/t11-,17+/m0/s1. The summed E-state index contributed by atoms with van der Waals surface area (Å²) in [6.07, 6.45) is -0.333. The van der Waals surface area contributed by atoms with Gasteiger partial charge < -0.3 is 28.5 Å². The number of oxime groups is 1. The van der Waals surface area contributed by atoms with E-state index >= 15 is 0 Å². The predicted molar refractivity (Wildman–Crippen MR) is 98.2 cm³/mol. The minimum absolute atomic E-state index is 0.00243. The van der Waals surface area contributed by atoms with Crippen LogP contribution in [-0.2, 0) is 4.84 Å². The Morgan fingerprint density at radius 3 is 2.37 bits per heavy atom. The number of rotatable bonds is 5. The summed E-state index contributed by atoms with van der Waals surface area (Å²) < 4.78 is 27.4. The average molecular weight is 371 g/mol. The Morgan fingerprint density at radius 1 is 0.963 bits per heavy atom. The summed E-state index contributed by atoms with van der Waals surface area (Å²) in [5, 5.41) is 4.33. The van der Waals surface area contributed by atoms with Crippen molar-refractivity contribution in [1.82, 2.24) is 0 Å². The van der Waals surface area contributed by atoms with Crippen molar-refractivity contribution in [1.29, 1.82) is 0 Å². The van der Waals surface area contributed by atoms with Gasteiger partial charge in [-0.1, -0.05) is 12.1 Å². The molecule has 0 amide bonds. The minimum atomic E-state index is -0.333. The molecule has 2 aromatic carbocycles. The lowest BCUT2D eigenvalue weighted by molar-refractivity contribution is 0.0628. The van der Waals surface area contributed by atoms with Gasteiger partial charge >= 0.3 is 0 Å². The Balaban J connectivity index is 1.69. The van der Waals surface area contributed by atoms with E-state index < -0.39 is 0 Å². The molecular formula is C20H21NO6. The van der Waals surface area contributed by atoms with Gasteiger partial charge in [0.2, 0.25) is 18.3 Å². The third-order valence-electron chi connectivity index (χ3n) is 4.86. The highest BCUT2D eigenvalue weighted by atomic mass is 16.7. The van der Waals surface area contributed by atoms with Crippen molar-refractivity contribution in [3.63, 3.8) is 0 Å². The molecule has 2 aliphatic rings. The van der Waals surface area contributed by atoms with Gasteiger partial charge in [-0.05, 0) is 35.9 Å². The van der Waals surface area contributed by atoms with Crippen LogP contribution >= 0.6 is 0 Å². The number of nitrogens with zero attached hydrogens (tertiary/aromatic N) is 1. The van der Waals surface area contributed by atoms with E-state index in [1.165, 1.54) is 0 Å². The maximum Gasteiger partial charge on any atom is 0.231 e. The molecule has 2 heterocycles. The lowest BCUT2D eigenvalue weighted by Crippen LogP contribution is -2.15. The van der Waals surface area contributed by atoms with Gasteiger partial charge in [0.05, 0.1) is 27.0 Å². The van der Waals surface area contributed by atoms with Gasteiger partial charge in [0.25, 0.3) is 0 Å². The van der Waals surface area contributed by atoms with Crippen LogP contribution in [0.15, 0.2) is 35.5 Å². The van der Waals surface area contributed by atoms with E-state index in [-0.39, 0.29) is 18.8 Å². The molecule has 7 nitrogen and oxygen atoms in total. The average Bonchev–Trinajstić information content (AvgIpc) is 3.34. The van der Waals surface area contributed by atoms with Crippen molar-refractivity contribution < 1.29 is 28.5 Å². The van der Waals surface area contributed by atoms with Crippen LogP contribution in [0.2, 0.25) is 0 Å². The second-order valence-electron chi connectivity index (χ2n) is 6.29. The Labute approximate surface area is 157 Å². The molecule has 0 fully saturated rings. The maximum absolute atomic E-state index is 5.80. The largest absolute Gasteiger partial charge is 0.497 e. The monoisotopic (exact) mass is 371 g/mol. The zero-order valence-electron chi connectivity index (χ0n) is 15.6. The normalized spacial score (nSPS) is 20.1. The summed E-state index contributed by atoms with van der Waals surface area (Å²) in [5.41, 5.74) is 2.65. The molecule has 0 N–H and O–H groups in total. The van der Waals surface area contributed by atoms with Crippen LogP contribution in [0.5, 0.6) is 28.7 Å². The molecule has 0 aliphatic carbocycles. The van der Waals surface area contributed by atoms with Crippen LogP contribution in [0.3, 0.4) is 0 Å². The van der Waals surface area contributed by atoms with E-state index in [0.29, 0.717) is 23.0 Å². The molecule has 7 heteroatoms. The number of ether oxygens (including phenoxy) is 5. The third-order valence-corrected chi connectivity index (χ3v) is 4.86. The van der Waals surface area contributed by atoms with Crippen LogP contribution in [0.25, 0.3) is 0 Å². The molecule has 2 atom stereocenters. The Bertz CT molecular complexity index is 877. The highest BCUT2D eigenvalue weighted by Crippen LogP contribution is 2.53. The van der Waals surface area contributed by atoms with Crippen molar-refractivity contribution in [2.75, 3.05) is 28.1 Å². The van der Waals surface area contributed by atoms with Crippen molar-refractivity contribution in [3.05, 3.63) is 41.5 Å². The van der Waals surface area contributed by atoms with Crippen molar-refractivity contribution in [3.8, 4) is 28.7 Å². The zero-order valence-corrected chi connectivity index (χ0v) is 15.6. The molecule has 2 aromatic rings. The van der Waals surface area contributed by atoms with Gasteiger partial charge in [0, 0.05) is 11.5 Å². The molecule has 142 valence electrons.